The summed E-state index contributed by atoms with van der Waals surface area (Å²) in [5.74, 6) is 1.11. The third-order valence-electron chi connectivity index (χ3n) is 5.96. The van der Waals surface area contributed by atoms with E-state index in [-0.39, 0.29) is 11.8 Å². The maximum atomic E-state index is 11.4. The predicted molar refractivity (Wildman–Crippen MR) is 106 cm³/mol. The van der Waals surface area contributed by atoms with Gasteiger partial charge in [-0.3, -0.25) is 0 Å². The van der Waals surface area contributed by atoms with Crippen LogP contribution >= 0.6 is 0 Å². The van der Waals surface area contributed by atoms with Gasteiger partial charge in [-0.25, -0.2) is 0 Å². The number of hydrogen-bond donors (Lipinski definition) is 1. The molecule has 0 amide bonds. The van der Waals surface area contributed by atoms with Crippen LogP contribution in [0.15, 0.2) is 30.3 Å². The van der Waals surface area contributed by atoms with Gasteiger partial charge in [0.05, 0.1) is 43.4 Å². The summed E-state index contributed by atoms with van der Waals surface area (Å²) in [5, 5.41) is 20.5. The van der Waals surface area contributed by atoms with Gasteiger partial charge in [0.15, 0.2) is 0 Å². The molecule has 1 aromatic heterocycles. The summed E-state index contributed by atoms with van der Waals surface area (Å²) in [6, 6.07) is 11.3. The number of aromatic nitrogens is 1. The molecular formula is C22H25N3O4. The molecule has 1 fully saturated rings. The zero-order chi connectivity index (χ0) is 20.8. The van der Waals surface area contributed by atoms with Gasteiger partial charge in [0, 0.05) is 18.5 Å². The fourth-order valence-corrected chi connectivity index (χ4v) is 4.83. The molecule has 1 aliphatic carbocycles. The molecule has 29 heavy (non-hydrogen) atoms. The number of hydrogen-bond acceptors (Lipinski definition) is 7. The van der Waals surface area contributed by atoms with Gasteiger partial charge in [0.1, 0.15) is 11.4 Å². The number of rotatable bonds is 5. The lowest BCUT2D eigenvalue weighted by Gasteiger charge is -2.30. The molecule has 1 saturated carbocycles. The van der Waals surface area contributed by atoms with E-state index in [0.29, 0.717) is 29.5 Å². The number of nitriles is 1. The molecule has 0 saturated heterocycles. The summed E-state index contributed by atoms with van der Waals surface area (Å²) in [5.41, 5.74) is 1.53. The lowest BCUT2D eigenvalue weighted by atomic mass is 9.81. The van der Waals surface area contributed by atoms with Crippen LogP contribution in [0.5, 0.6) is 17.5 Å². The zero-order valence-corrected chi connectivity index (χ0v) is 17.0. The first-order chi connectivity index (χ1) is 13.9. The Kier molecular flexibility index (Phi) is 4.85. The molecule has 2 heterocycles. The quantitative estimate of drug-likeness (QED) is 0.831. The van der Waals surface area contributed by atoms with Gasteiger partial charge in [0.25, 0.3) is 0 Å². The van der Waals surface area contributed by atoms with E-state index in [9.17, 15) is 5.11 Å². The molecule has 1 aliphatic heterocycles. The summed E-state index contributed by atoms with van der Waals surface area (Å²) in [4.78, 5) is 6.50. The van der Waals surface area contributed by atoms with E-state index < -0.39 is 11.7 Å². The van der Waals surface area contributed by atoms with Crippen molar-refractivity contribution in [2.24, 2.45) is 5.92 Å². The van der Waals surface area contributed by atoms with Crippen LogP contribution in [0.2, 0.25) is 0 Å². The highest BCUT2D eigenvalue weighted by Gasteiger charge is 2.62. The largest absolute Gasteiger partial charge is 0.481 e. The summed E-state index contributed by atoms with van der Waals surface area (Å²) < 4.78 is 17.4. The van der Waals surface area contributed by atoms with Gasteiger partial charge in [-0.05, 0) is 38.2 Å². The van der Waals surface area contributed by atoms with Gasteiger partial charge in [-0.1, -0.05) is 12.1 Å². The highest BCUT2D eigenvalue weighted by atomic mass is 16.5. The van der Waals surface area contributed by atoms with Crippen molar-refractivity contribution in [3.63, 3.8) is 0 Å². The Morgan fingerprint density at radius 1 is 1.28 bits per heavy atom. The number of aliphatic hydroxyl groups is 1. The minimum atomic E-state index is -0.752. The second-order valence-corrected chi connectivity index (χ2v) is 7.96. The summed E-state index contributed by atoms with van der Waals surface area (Å²) in [6.07, 6.45) is 0.0154. The smallest absolute Gasteiger partial charge is 0.223 e. The maximum absolute atomic E-state index is 11.4. The minimum Gasteiger partial charge on any atom is -0.481 e. The molecule has 152 valence electrons. The van der Waals surface area contributed by atoms with E-state index in [2.05, 4.69) is 16.0 Å². The van der Waals surface area contributed by atoms with Crippen LogP contribution in [-0.2, 0) is 5.60 Å². The molecule has 4 atom stereocenters. The van der Waals surface area contributed by atoms with E-state index >= 15 is 0 Å². The first-order valence-electron chi connectivity index (χ1n) is 9.59. The molecule has 2 aliphatic rings. The summed E-state index contributed by atoms with van der Waals surface area (Å²) >= 11 is 0. The average molecular weight is 395 g/mol. The number of ether oxygens (including phenoxy) is 3. The van der Waals surface area contributed by atoms with Crippen molar-refractivity contribution in [3.05, 3.63) is 47.0 Å². The van der Waals surface area contributed by atoms with Crippen LogP contribution in [0.1, 0.15) is 29.0 Å². The molecule has 7 nitrogen and oxygen atoms in total. The topological polar surface area (TPSA) is 87.8 Å². The van der Waals surface area contributed by atoms with E-state index in [1.807, 2.05) is 26.2 Å². The van der Waals surface area contributed by atoms with Crippen molar-refractivity contribution < 1.29 is 19.3 Å². The number of nitrogens with zero attached hydrogens (tertiary/aromatic N) is 3. The molecule has 2 aromatic rings. The number of aliphatic hydroxyl groups excluding tert-OH is 1. The van der Waals surface area contributed by atoms with Crippen LogP contribution in [0, 0.1) is 17.2 Å². The van der Waals surface area contributed by atoms with Gasteiger partial charge in [0.2, 0.25) is 11.8 Å². The average Bonchev–Trinajstić information content (AvgIpc) is 3.19. The van der Waals surface area contributed by atoms with Gasteiger partial charge in [-0.2, -0.15) is 10.2 Å². The lowest BCUT2D eigenvalue weighted by Crippen LogP contribution is -2.33. The highest BCUT2D eigenvalue weighted by molar-refractivity contribution is 5.55. The van der Waals surface area contributed by atoms with Gasteiger partial charge < -0.3 is 24.2 Å². The molecule has 0 radical (unpaired) electrons. The molecule has 7 heteroatoms. The van der Waals surface area contributed by atoms with Crippen LogP contribution in [0.4, 0.5) is 0 Å². The van der Waals surface area contributed by atoms with E-state index in [0.717, 1.165) is 17.7 Å². The third kappa shape index (κ3) is 3.00. The second kappa shape index (κ2) is 7.21. The van der Waals surface area contributed by atoms with Gasteiger partial charge in [-0.15, -0.1) is 0 Å². The van der Waals surface area contributed by atoms with Gasteiger partial charge >= 0.3 is 0 Å². The molecular weight excluding hydrogens is 370 g/mol. The van der Waals surface area contributed by atoms with Crippen LogP contribution in [-0.4, -0.2) is 56.0 Å². The van der Waals surface area contributed by atoms with Crippen LogP contribution in [0.25, 0.3) is 0 Å². The highest BCUT2D eigenvalue weighted by Crippen LogP contribution is 2.62. The predicted octanol–water partition coefficient (Wildman–Crippen LogP) is 2.28. The Labute approximate surface area is 170 Å². The Morgan fingerprint density at radius 2 is 2.00 bits per heavy atom. The monoisotopic (exact) mass is 395 g/mol. The van der Waals surface area contributed by atoms with Crippen molar-refractivity contribution in [3.8, 4) is 23.6 Å². The Morgan fingerprint density at radius 3 is 2.59 bits per heavy atom. The van der Waals surface area contributed by atoms with Crippen molar-refractivity contribution in [2.75, 3.05) is 34.9 Å². The van der Waals surface area contributed by atoms with Crippen LogP contribution < -0.4 is 14.2 Å². The maximum Gasteiger partial charge on any atom is 0.223 e. The Bertz CT molecular complexity index is 954. The van der Waals surface area contributed by atoms with Crippen molar-refractivity contribution >= 4 is 0 Å². The van der Waals surface area contributed by atoms with E-state index in [4.69, 9.17) is 19.5 Å². The minimum absolute atomic E-state index is 0.0191. The van der Waals surface area contributed by atoms with Crippen molar-refractivity contribution in [1.82, 2.24) is 9.88 Å². The second-order valence-electron chi connectivity index (χ2n) is 7.96. The Hall–Kier alpha value is -2.82. The number of methoxy groups -OCH3 is 2. The fourth-order valence-electron chi connectivity index (χ4n) is 4.83. The normalized spacial score (nSPS) is 27.1. The Balaban J connectivity index is 1.87. The lowest BCUT2D eigenvalue weighted by molar-refractivity contribution is 0.0574. The van der Waals surface area contributed by atoms with Crippen molar-refractivity contribution in [1.29, 1.82) is 5.26 Å². The van der Waals surface area contributed by atoms with Crippen molar-refractivity contribution in [2.45, 2.75) is 24.0 Å². The number of fused-ring (bicyclic) bond motifs is 3. The molecule has 1 N–H and O–H groups in total. The molecule has 0 spiro atoms. The summed E-state index contributed by atoms with van der Waals surface area (Å²) in [6.45, 7) is 0.736. The zero-order valence-electron chi connectivity index (χ0n) is 17.0. The molecule has 1 unspecified atom stereocenters. The molecule has 1 aromatic carbocycles. The fraction of sp³-hybridized carbons (Fsp3) is 0.455. The summed E-state index contributed by atoms with van der Waals surface area (Å²) in [7, 11) is 7.10. The molecule has 4 rings (SSSR count). The van der Waals surface area contributed by atoms with E-state index in [1.54, 1.807) is 32.4 Å². The van der Waals surface area contributed by atoms with E-state index in [1.165, 1.54) is 0 Å². The standard InChI is InChI=1S/C22H25N3O4/c1-25(2)12-14-10-22(15-7-5-13(11-23)6-8-15)19(20(14)26)18-16(29-22)9-17(27-3)24-21(18)28-4/h5-9,14,19-20,26H,10,12H2,1-4H3/t14-,19?,20+,22-/m1/s1. The number of benzene rings is 1. The molecule has 0 bridgehead atoms. The number of pyridine rings is 1. The first kappa shape index (κ1) is 19.5. The van der Waals surface area contributed by atoms with Crippen LogP contribution in [0.3, 0.4) is 0 Å². The first-order valence-corrected chi connectivity index (χ1v) is 9.59. The third-order valence-corrected chi connectivity index (χ3v) is 5.96. The SMILES string of the molecule is COc1cc2c(c(OC)n1)C1[C@@H](O)[C@@H](CN(C)C)C[C@]1(c1ccc(C#N)cc1)O2.